The van der Waals surface area contributed by atoms with E-state index in [4.69, 9.17) is 9.84 Å². The van der Waals surface area contributed by atoms with Gasteiger partial charge in [-0.2, -0.15) is 0 Å². The Bertz CT molecular complexity index is 1010. The number of benzene rings is 1. The summed E-state index contributed by atoms with van der Waals surface area (Å²) >= 11 is 0. The number of fused-ring (bicyclic) bond motifs is 1. The second-order valence-electron chi connectivity index (χ2n) is 5.18. The van der Waals surface area contributed by atoms with Crippen LogP contribution in [0.3, 0.4) is 0 Å². The van der Waals surface area contributed by atoms with Gasteiger partial charge in [0.05, 0.1) is 23.9 Å². The number of aryl methyl sites for hydroxylation is 1. The summed E-state index contributed by atoms with van der Waals surface area (Å²) in [6.45, 7) is 1.74. The summed E-state index contributed by atoms with van der Waals surface area (Å²) in [5.74, 6) is -1.08. The number of methoxy groups -OCH3 is 1. The Morgan fingerprint density at radius 1 is 1.20 bits per heavy atom. The van der Waals surface area contributed by atoms with E-state index in [0.717, 1.165) is 0 Å². The second kappa shape index (κ2) is 6.52. The molecule has 0 saturated heterocycles. The minimum absolute atomic E-state index is 0.136. The van der Waals surface area contributed by atoms with Crippen LogP contribution < -0.4 is 0 Å². The van der Waals surface area contributed by atoms with Gasteiger partial charge in [-0.05, 0) is 31.2 Å². The van der Waals surface area contributed by atoms with Crippen molar-refractivity contribution in [3.05, 3.63) is 59.4 Å². The molecule has 0 spiro atoms. The Morgan fingerprint density at radius 2 is 1.96 bits per heavy atom. The van der Waals surface area contributed by atoms with E-state index in [9.17, 15) is 9.59 Å². The van der Waals surface area contributed by atoms with E-state index in [2.05, 4.69) is 15.2 Å². The lowest BCUT2D eigenvalue weighted by Gasteiger charge is -2.02. The molecular weight excluding hydrogens is 324 g/mol. The van der Waals surface area contributed by atoms with Crippen molar-refractivity contribution in [3.63, 3.8) is 0 Å². The van der Waals surface area contributed by atoms with Crippen LogP contribution in [-0.4, -0.2) is 33.5 Å². The van der Waals surface area contributed by atoms with Crippen LogP contribution in [0.15, 0.2) is 52.8 Å². The van der Waals surface area contributed by atoms with Crippen LogP contribution in [-0.2, 0) is 4.74 Å². The molecule has 0 aliphatic rings. The highest BCUT2D eigenvalue weighted by molar-refractivity contribution is 5.94. The van der Waals surface area contributed by atoms with Crippen LogP contribution in [0.5, 0.6) is 0 Å². The van der Waals surface area contributed by atoms with Gasteiger partial charge in [0.1, 0.15) is 11.3 Å². The number of imidazole rings is 1. The summed E-state index contributed by atoms with van der Waals surface area (Å²) in [6.07, 6.45) is 1.57. The molecule has 126 valence electrons. The Kier molecular flexibility index (Phi) is 4.25. The average Bonchev–Trinajstić information content (AvgIpc) is 2.93. The molecule has 0 amide bonds. The highest BCUT2D eigenvalue weighted by atomic mass is 16.5. The molecule has 8 heteroatoms. The Labute approximate surface area is 142 Å². The number of carboxylic acids is 1. The first-order chi connectivity index (χ1) is 12.0. The fourth-order valence-corrected chi connectivity index (χ4v) is 2.35. The molecule has 0 aliphatic heterocycles. The quantitative estimate of drug-likeness (QED) is 0.578. The normalized spacial score (nSPS) is 11.1. The van der Waals surface area contributed by atoms with Gasteiger partial charge >= 0.3 is 11.9 Å². The van der Waals surface area contributed by atoms with Gasteiger partial charge in [0.2, 0.25) is 0 Å². The molecule has 0 bridgehead atoms. The standard InChI is InChI=1S/C17H14N4O4/c1-10-15(21-8-7-11(16(22)23)9-14(21)18-10)20-19-13-6-4-3-5-12(13)17(24)25-2/h3-9H,1-2H3,(H,22,23). The van der Waals surface area contributed by atoms with Gasteiger partial charge in [-0.15, -0.1) is 10.2 Å². The van der Waals surface area contributed by atoms with Crippen LogP contribution >= 0.6 is 0 Å². The Balaban J connectivity index is 2.04. The SMILES string of the molecule is COC(=O)c1ccccc1N=Nc1c(C)nc2cc(C(=O)O)ccn12. The van der Waals surface area contributed by atoms with E-state index in [0.29, 0.717) is 28.4 Å². The lowest BCUT2D eigenvalue weighted by molar-refractivity contribution is 0.0600. The van der Waals surface area contributed by atoms with Gasteiger partial charge in [-0.1, -0.05) is 12.1 Å². The third kappa shape index (κ3) is 3.09. The minimum Gasteiger partial charge on any atom is -0.478 e. The molecule has 2 aromatic heterocycles. The number of carboxylic acid groups (broad SMARTS) is 1. The monoisotopic (exact) mass is 338 g/mol. The second-order valence-corrected chi connectivity index (χ2v) is 5.18. The van der Waals surface area contributed by atoms with Crippen molar-refractivity contribution < 1.29 is 19.4 Å². The summed E-state index contributed by atoms with van der Waals surface area (Å²) < 4.78 is 6.36. The molecule has 1 N–H and O–H groups in total. The zero-order valence-electron chi connectivity index (χ0n) is 13.5. The third-order valence-electron chi connectivity index (χ3n) is 3.58. The van der Waals surface area contributed by atoms with Crippen molar-refractivity contribution >= 4 is 29.1 Å². The number of hydrogen-bond donors (Lipinski definition) is 1. The molecular formula is C17H14N4O4. The van der Waals surface area contributed by atoms with Crippen molar-refractivity contribution in [2.75, 3.05) is 7.11 Å². The first-order valence-electron chi connectivity index (χ1n) is 7.32. The molecule has 0 atom stereocenters. The zero-order valence-corrected chi connectivity index (χ0v) is 13.5. The van der Waals surface area contributed by atoms with Gasteiger partial charge in [-0.25, -0.2) is 14.6 Å². The predicted molar refractivity (Wildman–Crippen MR) is 88.8 cm³/mol. The Morgan fingerprint density at radius 3 is 2.68 bits per heavy atom. The van der Waals surface area contributed by atoms with Crippen LogP contribution in [0, 0.1) is 6.92 Å². The molecule has 2 heterocycles. The maximum absolute atomic E-state index is 11.8. The van der Waals surface area contributed by atoms with Crippen LogP contribution in [0.25, 0.3) is 5.65 Å². The lowest BCUT2D eigenvalue weighted by atomic mass is 10.2. The van der Waals surface area contributed by atoms with E-state index < -0.39 is 11.9 Å². The first kappa shape index (κ1) is 16.3. The van der Waals surface area contributed by atoms with E-state index in [1.165, 1.54) is 19.2 Å². The van der Waals surface area contributed by atoms with E-state index in [-0.39, 0.29) is 5.56 Å². The maximum atomic E-state index is 11.8. The summed E-state index contributed by atoms with van der Waals surface area (Å²) in [6, 6.07) is 9.60. The van der Waals surface area contributed by atoms with E-state index >= 15 is 0 Å². The number of rotatable bonds is 4. The number of hydrogen-bond acceptors (Lipinski definition) is 6. The molecule has 25 heavy (non-hydrogen) atoms. The molecule has 0 saturated carbocycles. The van der Waals surface area contributed by atoms with Crippen molar-refractivity contribution in [1.82, 2.24) is 9.38 Å². The van der Waals surface area contributed by atoms with Gasteiger partial charge < -0.3 is 9.84 Å². The number of esters is 1. The highest BCUT2D eigenvalue weighted by Gasteiger charge is 2.13. The molecule has 1 aromatic carbocycles. The summed E-state index contributed by atoms with van der Waals surface area (Å²) in [7, 11) is 1.30. The number of aromatic nitrogens is 2. The fraction of sp³-hybridized carbons (Fsp3) is 0.118. The van der Waals surface area contributed by atoms with Gasteiger partial charge in [-0.3, -0.25) is 4.40 Å². The number of azo groups is 1. The maximum Gasteiger partial charge on any atom is 0.340 e. The molecule has 8 nitrogen and oxygen atoms in total. The van der Waals surface area contributed by atoms with E-state index in [1.54, 1.807) is 41.8 Å². The van der Waals surface area contributed by atoms with Crippen LogP contribution in [0.1, 0.15) is 26.4 Å². The van der Waals surface area contributed by atoms with Crippen molar-refractivity contribution in [2.24, 2.45) is 10.2 Å². The number of nitrogens with zero attached hydrogens (tertiary/aromatic N) is 4. The average molecular weight is 338 g/mol. The predicted octanol–water partition coefficient (Wildman–Crippen LogP) is 3.54. The van der Waals surface area contributed by atoms with E-state index in [1.807, 2.05) is 0 Å². The minimum atomic E-state index is -1.03. The molecule has 3 rings (SSSR count). The van der Waals surface area contributed by atoms with Crippen LogP contribution in [0.4, 0.5) is 11.5 Å². The van der Waals surface area contributed by atoms with Crippen molar-refractivity contribution in [2.45, 2.75) is 6.92 Å². The Hall–Kier alpha value is -3.55. The summed E-state index contributed by atoms with van der Waals surface area (Å²) in [5, 5.41) is 17.4. The summed E-state index contributed by atoms with van der Waals surface area (Å²) in [5.41, 5.74) is 1.84. The van der Waals surface area contributed by atoms with Gasteiger partial charge in [0, 0.05) is 6.20 Å². The number of carbonyl (C=O) groups excluding carboxylic acids is 1. The lowest BCUT2D eigenvalue weighted by Crippen LogP contribution is -2.00. The van der Waals surface area contributed by atoms with Crippen molar-refractivity contribution in [1.29, 1.82) is 0 Å². The topological polar surface area (TPSA) is 106 Å². The molecule has 0 radical (unpaired) electrons. The van der Waals surface area contributed by atoms with Crippen LogP contribution in [0.2, 0.25) is 0 Å². The smallest absolute Gasteiger partial charge is 0.340 e. The zero-order chi connectivity index (χ0) is 18.0. The molecule has 0 fully saturated rings. The number of ether oxygens (including phenoxy) is 1. The number of aromatic carboxylic acids is 1. The number of carbonyl (C=O) groups is 2. The molecule has 3 aromatic rings. The fourth-order valence-electron chi connectivity index (χ4n) is 2.35. The first-order valence-corrected chi connectivity index (χ1v) is 7.32. The third-order valence-corrected chi connectivity index (χ3v) is 3.58. The van der Waals surface area contributed by atoms with Gasteiger partial charge in [0.25, 0.3) is 0 Å². The molecule has 0 aliphatic carbocycles. The molecule has 0 unspecified atom stereocenters. The van der Waals surface area contributed by atoms with Gasteiger partial charge in [0.15, 0.2) is 5.82 Å². The number of pyridine rings is 1. The highest BCUT2D eigenvalue weighted by Crippen LogP contribution is 2.26. The largest absolute Gasteiger partial charge is 0.478 e. The van der Waals surface area contributed by atoms with Crippen molar-refractivity contribution in [3.8, 4) is 0 Å². The summed E-state index contributed by atoms with van der Waals surface area (Å²) in [4.78, 5) is 27.1.